The molecule has 74 valence electrons. The minimum Gasteiger partial charge on any atom is -0.301 e. The highest BCUT2D eigenvalue weighted by Gasteiger charge is 2.28. The number of nitrogens with zero attached hydrogens (tertiary/aromatic N) is 1. The Labute approximate surface area is 78.4 Å². The van der Waals surface area contributed by atoms with Crippen molar-refractivity contribution in [2.45, 2.75) is 26.1 Å². The predicted molar refractivity (Wildman–Crippen MR) is 45.0 cm³/mol. The van der Waals surface area contributed by atoms with Crippen molar-refractivity contribution in [1.82, 2.24) is 9.78 Å². The van der Waals surface area contributed by atoms with Crippen LogP contribution < -0.4 is 0 Å². The standard InChI is InChI=1S/C7H9F3N2S/c1-2-5-3-6(13)12(11-5)4-7(8,9)10/h3,11H,2,4H2,1H3. The number of hydrogen-bond donors (Lipinski definition) is 1. The van der Waals surface area contributed by atoms with Crippen molar-refractivity contribution in [2.75, 3.05) is 0 Å². The Balaban J connectivity index is 2.89. The van der Waals surface area contributed by atoms with Crippen molar-refractivity contribution in [2.24, 2.45) is 0 Å². The van der Waals surface area contributed by atoms with Crippen LogP contribution >= 0.6 is 12.2 Å². The first-order chi connectivity index (χ1) is 5.92. The summed E-state index contributed by atoms with van der Waals surface area (Å²) in [6.45, 7) is 0.796. The highest BCUT2D eigenvalue weighted by molar-refractivity contribution is 7.71. The van der Waals surface area contributed by atoms with E-state index in [9.17, 15) is 13.2 Å². The minimum absolute atomic E-state index is 0.189. The minimum atomic E-state index is -4.23. The zero-order valence-corrected chi connectivity index (χ0v) is 7.80. The molecule has 13 heavy (non-hydrogen) atoms. The molecule has 1 aromatic heterocycles. The fourth-order valence-electron chi connectivity index (χ4n) is 0.966. The summed E-state index contributed by atoms with van der Waals surface area (Å²) in [5.41, 5.74) is 0.717. The average Bonchev–Trinajstić information content (AvgIpc) is 2.29. The summed E-state index contributed by atoms with van der Waals surface area (Å²) in [7, 11) is 0. The number of halogens is 3. The van der Waals surface area contributed by atoms with Gasteiger partial charge in [-0.3, -0.25) is 4.68 Å². The first kappa shape index (κ1) is 10.3. The van der Waals surface area contributed by atoms with Gasteiger partial charge in [0.1, 0.15) is 11.2 Å². The van der Waals surface area contributed by atoms with Gasteiger partial charge in [-0.05, 0) is 12.5 Å². The second-order valence-electron chi connectivity index (χ2n) is 2.67. The van der Waals surface area contributed by atoms with E-state index in [1.807, 2.05) is 6.92 Å². The number of alkyl halides is 3. The maximum Gasteiger partial charge on any atom is 0.407 e. The molecular formula is C7H9F3N2S. The summed E-state index contributed by atoms with van der Waals surface area (Å²) < 4.78 is 37.0. The average molecular weight is 210 g/mol. The van der Waals surface area contributed by atoms with Crippen LogP contribution in [-0.2, 0) is 13.0 Å². The summed E-state index contributed by atoms with van der Waals surface area (Å²) in [5.74, 6) is 0. The zero-order chi connectivity index (χ0) is 10.1. The summed E-state index contributed by atoms with van der Waals surface area (Å²) in [5, 5.41) is 2.58. The molecule has 0 saturated heterocycles. The van der Waals surface area contributed by atoms with Gasteiger partial charge in [0.2, 0.25) is 0 Å². The number of rotatable bonds is 2. The zero-order valence-electron chi connectivity index (χ0n) is 6.98. The van der Waals surface area contributed by atoms with Gasteiger partial charge in [-0.25, -0.2) is 0 Å². The maximum absolute atomic E-state index is 11.9. The number of aryl methyl sites for hydroxylation is 1. The van der Waals surface area contributed by atoms with Gasteiger partial charge in [-0.15, -0.1) is 0 Å². The molecule has 0 atom stereocenters. The number of H-pyrrole nitrogens is 1. The van der Waals surface area contributed by atoms with Gasteiger partial charge in [0.25, 0.3) is 0 Å². The van der Waals surface area contributed by atoms with Gasteiger partial charge >= 0.3 is 6.18 Å². The fourth-order valence-corrected chi connectivity index (χ4v) is 1.22. The van der Waals surface area contributed by atoms with Gasteiger partial charge in [0.05, 0.1) is 0 Å². The summed E-state index contributed by atoms with van der Waals surface area (Å²) in [6.07, 6.45) is -3.58. The fraction of sp³-hybridized carbons (Fsp3) is 0.571. The lowest BCUT2D eigenvalue weighted by Gasteiger charge is -2.06. The van der Waals surface area contributed by atoms with Gasteiger partial charge in [-0.1, -0.05) is 19.1 Å². The van der Waals surface area contributed by atoms with Crippen LogP contribution in [0, 0.1) is 4.64 Å². The molecule has 0 aromatic carbocycles. The molecule has 0 aliphatic carbocycles. The van der Waals surface area contributed by atoms with E-state index < -0.39 is 12.7 Å². The molecule has 0 aliphatic rings. The van der Waals surface area contributed by atoms with Crippen LogP contribution in [0.15, 0.2) is 6.07 Å². The monoisotopic (exact) mass is 210 g/mol. The quantitative estimate of drug-likeness (QED) is 0.744. The Hall–Kier alpha value is -0.780. The number of hydrogen-bond acceptors (Lipinski definition) is 1. The molecule has 1 N–H and O–H groups in total. The van der Waals surface area contributed by atoms with E-state index in [2.05, 4.69) is 5.10 Å². The van der Waals surface area contributed by atoms with Crippen LogP contribution in [0.1, 0.15) is 12.6 Å². The Bertz CT molecular complexity index is 336. The van der Waals surface area contributed by atoms with Crippen molar-refractivity contribution < 1.29 is 13.2 Å². The first-order valence-corrected chi connectivity index (χ1v) is 4.18. The predicted octanol–water partition coefficient (Wildman–Crippen LogP) is 2.67. The Morgan fingerprint density at radius 3 is 2.54 bits per heavy atom. The third kappa shape index (κ3) is 2.87. The van der Waals surface area contributed by atoms with Crippen molar-refractivity contribution in [1.29, 1.82) is 0 Å². The van der Waals surface area contributed by atoms with Crippen molar-refractivity contribution >= 4 is 12.2 Å². The molecule has 6 heteroatoms. The third-order valence-corrected chi connectivity index (χ3v) is 1.90. The Kier molecular flexibility index (Phi) is 2.80. The third-order valence-electron chi connectivity index (χ3n) is 1.56. The van der Waals surface area contributed by atoms with E-state index >= 15 is 0 Å². The number of aromatic nitrogens is 2. The van der Waals surface area contributed by atoms with E-state index in [4.69, 9.17) is 12.2 Å². The Morgan fingerprint density at radius 2 is 2.15 bits per heavy atom. The highest BCUT2D eigenvalue weighted by atomic mass is 32.1. The molecule has 0 fully saturated rings. The smallest absolute Gasteiger partial charge is 0.301 e. The molecule has 1 aromatic rings. The molecule has 0 aliphatic heterocycles. The maximum atomic E-state index is 11.9. The van der Waals surface area contributed by atoms with E-state index in [0.717, 1.165) is 4.68 Å². The van der Waals surface area contributed by atoms with E-state index in [1.165, 1.54) is 0 Å². The van der Waals surface area contributed by atoms with Crippen molar-refractivity contribution in [3.8, 4) is 0 Å². The molecule has 1 heterocycles. The molecule has 0 amide bonds. The van der Waals surface area contributed by atoms with Gasteiger partial charge in [0, 0.05) is 5.69 Å². The van der Waals surface area contributed by atoms with E-state index in [0.29, 0.717) is 12.1 Å². The van der Waals surface area contributed by atoms with Crippen LogP contribution in [-0.4, -0.2) is 16.0 Å². The largest absolute Gasteiger partial charge is 0.407 e. The molecular weight excluding hydrogens is 201 g/mol. The van der Waals surface area contributed by atoms with Crippen LogP contribution in [0.4, 0.5) is 13.2 Å². The molecule has 2 nitrogen and oxygen atoms in total. The van der Waals surface area contributed by atoms with E-state index in [-0.39, 0.29) is 4.64 Å². The van der Waals surface area contributed by atoms with Crippen molar-refractivity contribution in [3.63, 3.8) is 0 Å². The second-order valence-corrected chi connectivity index (χ2v) is 3.09. The SMILES string of the molecule is CCc1cc(=S)n(CC(F)(F)F)[nH]1. The van der Waals surface area contributed by atoms with Gasteiger partial charge in [-0.2, -0.15) is 13.2 Å². The second kappa shape index (κ2) is 3.53. The summed E-state index contributed by atoms with van der Waals surface area (Å²) in [6, 6.07) is 1.54. The van der Waals surface area contributed by atoms with Crippen LogP contribution in [0.25, 0.3) is 0 Å². The lowest BCUT2D eigenvalue weighted by molar-refractivity contribution is -0.142. The molecule has 0 unspecified atom stereocenters. The van der Waals surface area contributed by atoms with Crippen molar-refractivity contribution in [3.05, 3.63) is 16.4 Å². The molecule has 0 bridgehead atoms. The van der Waals surface area contributed by atoms with Crippen LogP contribution in [0.5, 0.6) is 0 Å². The van der Waals surface area contributed by atoms with E-state index in [1.54, 1.807) is 6.07 Å². The molecule has 0 radical (unpaired) electrons. The Morgan fingerprint density at radius 1 is 1.54 bits per heavy atom. The number of nitrogens with one attached hydrogen (secondary N) is 1. The molecule has 1 rings (SSSR count). The number of aromatic amines is 1. The lowest BCUT2D eigenvalue weighted by atomic mass is 10.4. The van der Waals surface area contributed by atoms with Crippen LogP contribution in [0.3, 0.4) is 0 Å². The molecule has 0 spiro atoms. The highest BCUT2D eigenvalue weighted by Crippen LogP contribution is 2.17. The van der Waals surface area contributed by atoms with Crippen LogP contribution in [0.2, 0.25) is 0 Å². The molecule has 0 saturated carbocycles. The topological polar surface area (TPSA) is 20.7 Å². The normalized spacial score (nSPS) is 12.0. The van der Waals surface area contributed by atoms with Gasteiger partial charge < -0.3 is 5.10 Å². The first-order valence-electron chi connectivity index (χ1n) is 3.78. The summed E-state index contributed by atoms with van der Waals surface area (Å²) in [4.78, 5) is 0. The summed E-state index contributed by atoms with van der Waals surface area (Å²) >= 11 is 4.74. The van der Waals surface area contributed by atoms with Gasteiger partial charge in [0.15, 0.2) is 0 Å². The lowest BCUT2D eigenvalue weighted by Crippen LogP contribution is -2.18.